The van der Waals surface area contributed by atoms with Gasteiger partial charge in [-0.1, -0.05) is 42.5 Å². The van der Waals surface area contributed by atoms with Crippen molar-refractivity contribution in [2.24, 2.45) is 0 Å². The van der Waals surface area contributed by atoms with Gasteiger partial charge in [-0.2, -0.15) is 0 Å². The largest absolute Gasteiger partial charge is 0.388 e. The van der Waals surface area contributed by atoms with Crippen LogP contribution in [-0.2, 0) is 0 Å². The first-order chi connectivity index (χ1) is 6.61. The van der Waals surface area contributed by atoms with Crippen LogP contribution in [0.4, 0.5) is 0 Å². The highest BCUT2D eigenvalue weighted by molar-refractivity contribution is 5.96. The monoisotopic (exact) mass is 190 g/mol. The van der Waals surface area contributed by atoms with E-state index in [-0.39, 0.29) is 12.2 Å². The highest BCUT2D eigenvalue weighted by atomic mass is 16.3. The summed E-state index contributed by atoms with van der Waals surface area (Å²) in [6.07, 6.45) is -0.623. The van der Waals surface area contributed by atoms with Crippen LogP contribution in [0.5, 0.6) is 0 Å². The average Bonchev–Trinajstić information content (AvgIpc) is 2.19. The maximum absolute atomic E-state index is 11.6. The molecule has 1 N–H and O–H groups in total. The van der Waals surface area contributed by atoms with Crippen LogP contribution >= 0.6 is 0 Å². The molecule has 74 valence electrons. The van der Waals surface area contributed by atoms with Gasteiger partial charge in [-0.15, -0.1) is 0 Å². The summed E-state index contributed by atoms with van der Waals surface area (Å²) in [7, 11) is 0. The van der Waals surface area contributed by atoms with E-state index in [9.17, 15) is 9.90 Å². The second-order valence-electron chi connectivity index (χ2n) is 3.36. The molecule has 1 rings (SSSR count). The molecule has 1 atom stereocenters. The molecule has 0 bridgehead atoms. The summed E-state index contributed by atoms with van der Waals surface area (Å²) in [5.41, 5.74) is 1.25. The minimum absolute atomic E-state index is 0.0545. The number of rotatable bonds is 4. The third-order valence-electron chi connectivity index (χ3n) is 2.04. The predicted octanol–water partition coefficient (Wildman–Crippen LogP) is 2.20. The highest BCUT2D eigenvalue weighted by Gasteiger charge is 2.12. The second-order valence-corrected chi connectivity index (χ2v) is 3.36. The summed E-state index contributed by atoms with van der Waals surface area (Å²) in [5.74, 6) is -0.0545. The standard InChI is InChI=1S/C12H14O2/c1-9(2)11(13)8-12(14)10-6-4-3-5-7-10/h3-7,11,13H,1,8H2,2H3/t11-/m1/s1. The van der Waals surface area contributed by atoms with E-state index in [0.717, 1.165) is 0 Å². The molecule has 2 heteroatoms. The van der Waals surface area contributed by atoms with Crippen molar-refractivity contribution in [2.45, 2.75) is 19.4 Å². The number of Topliss-reactive ketones (excluding diaryl/α,β-unsaturated/α-hetero) is 1. The molecule has 0 aliphatic rings. The van der Waals surface area contributed by atoms with Crippen LogP contribution < -0.4 is 0 Å². The van der Waals surface area contributed by atoms with E-state index in [0.29, 0.717) is 11.1 Å². The molecule has 0 saturated carbocycles. The molecule has 0 fully saturated rings. The summed E-state index contributed by atoms with van der Waals surface area (Å²) < 4.78 is 0. The highest BCUT2D eigenvalue weighted by Crippen LogP contribution is 2.09. The zero-order chi connectivity index (χ0) is 10.6. The molecular weight excluding hydrogens is 176 g/mol. The summed E-state index contributed by atoms with van der Waals surface area (Å²) >= 11 is 0. The number of aliphatic hydroxyl groups excluding tert-OH is 1. The van der Waals surface area contributed by atoms with E-state index in [4.69, 9.17) is 0 Å². The van der Waals surface area contributed by atoms with Gasteiger partial charge < -0.3 is 5.11 Å². The molecule has 0 radical (unpaired) electrons. The molecule has 2 nitrogen and oxygen atoms in total. The maximum Gasteiger partial charge on any atom is 0.165 e. The van der Waals surface area contributed by atoms with Crippen LogP contribution in [0.15, 0.2) is 42.5 Å². The third-order valence-corrected chi connectivity index (χ3v) is 2.04. The van der Waals surface area contributed by atoms with Gasteiger partial charge >= 0.3 is 0 Å². The van der Waals surface area contributed by atoms with Crippen molar-refractivity contribution >= 4 is 5.78 Å². The quantitative estimate of drug-likeness (QED) is 0.583. The van der Waals surface area contributed by atoms with E-state index in [1.807, 2.05) is 6.07 Å². The minimum Gasteiger partial charge on any atom is -0.388 e. The second kappa shape index (κ2) is 4.72. The summed E-state index contributed by atoms with van der Waals surface area (Å²) in [4.78, 5) is 11.6. The first-order valence-corrected chi connectivity index (χ1v) is 4.53. The van der Waals surface area contributed by atoms with Crippen LogP contribution in [0.3, 0.4) is 0 Å². The van der Waals surface area contributed by atoms with E-state index >= 15 is 0 Å². The number of hydrogen-bond donors (Lipinski definition) is 1. The van der Waals surface area contributed by atoms with Gasteiger partial charge in [-0.25, -0.2) is 0 Å². The summed E-state index contributed by atoms with van der Waals surface area (Å²) in [6, 6.07) is 8.95. The Bertz CT molecular complexity index is 327. The predicted molar refractivity (Wildman–Crippen MR) is 56.2 cm³/mol. The number of hydrogen-bond acceptors (Lipinski definition) is 2. The maximum atomic E-state index is 11.6. The van der Waals surface area contributed by atoms with Crippen molar-refractivity contribution < 1.29 is 9.90 Å². The van der Waals surface area contributed by atoms with Gasteiger partial charge in [0.15, 0.2) is 5.78 Å². The number of aliphatic hydroxyl groups is 1. The molecule has 1 aromatic carbocycles. The lowest BCUT2D eigenvalue weighted by Crippen LogP contribution is -2.14. The molecule has 0 saturated heterocycles. The Balaban J connectivity index is 2.64. The van der Waals surface area contributed by atoms with Crippen LogP contribution in [0.25, 0.3) is 0 Å². The molecule has 14 heavy (non-hydrogen) atoms. The normalized spacial score (nSPS) is 12.1. The fraction of sp³-hybridized carbons (Fsp3) is 0.250. The first kappa shape index (κ1) is 10.7. The molecule has 0 heterocycles. The van der Waals surface area contributed by atoms with E-state index in [1.165, 1.54) is 0 Å². The van der Waals surface area contributed by atoms with Gasteiger partial charge in [-0.05, 0) is 6.92 Å². The zero-order valence-corrected chi connectivity index (χ0v) is 8.23. The smallest absolute Gasteiger partial charge is 0.165 e. The third kappa shape index (κ3) is 2.82. The Morgan fingerprint density at radius 3 is 2.50 bits per heavy atom. The topological polar surface area (TPSA) is 37.3 Å². The fourth-order valence-electron chi connectivity index (χ4n) is 1.09. The van der Waals surface area contributed by atoms with Crippen LogP contribution in [0, 0.1) is 0 Å². The van der Waals surface area contributed by atoms with Crippen molar-refractivity contribution in [1.29, 1.82) is 0 Å². The molecule has 0 aromatic heterocycles. The summed E-state index contributed by atoms with van der Waals surface area (Å²) in [5, 5.41) is 9.44. The van der Waals surface area contributed by atoms with Crippen molar-refractivity contribution in [3.8, 4) is 0 Å². The lowest BCUT2D eigenvalue weighted by molar-refractivity contribution is 0.0914. The van der Waals surface area contributed by atoms with E-state index in [1.54, 1.807) is 31.2 Å². The van der Waals surface area contributed by atoms with Gasteiger partial charge in [0, 0.05) is 12.0 Å². The number of carbonyl (C=O) groups excluding carboxylic acids is 1. The molecule has 0 amide bonds. The Kier molecular flexibility index (Phi) is 3.60. The molecule has 1 aromatic rings. The lowest BCUT2D eigenvalue weighted by atomic mass is 10.0. The number of benzene rings is 1. The fourth-order valence-corrected chi connectivity index (χ4v) is 1.09. The van der Waals surface area contributed by atoms with Crippen LogP contribution in [-0.4, -0.2) is 17.0 Å². The zero-order valence-electron chi connectivity index (χ0n) is 8.23. The van der Waals surface area contributed by atoms with Crippen LogP contribution in [0.1, 0.15) is 23.7 Å². The molecule has 0 aliphatic heterocycles. The van der Waals surface area contributed by atoms with Gasteiger partial charge in [0.2, 0.25) is 0 Å². The van der Waals surface area contributed by atoms with E-state index in [2.05, 4.69) is 6.58 Å². The van der Waals surface area contributed by atoms with Gasteiger partial charge in [0.1, 0.15) is 0 Å². The Labute approximate surface area is 83.9 Å². The summed E-state index contributed by atoms with van der Waals surface area (Å²) in [6.45, 7) is 5.31. The molecular formula is C12H14O2. The van der Waals surface area contributed by atoms with Gasteiger partial charge in [0.05, 0.1) is 6.10 Å². The van der Waals surface area contributed by atoms with Crippen molar-refractivity contribution in [2.75, 3.05) is 0 Å². The average molecular weight is 190 g/mol. The number of ketones is 1. The van der Waals surface area contributed by atoms with Gasteiger partial charge in [0.25, 0.3) is 0 Å². The van der Waals surface area contributed by atoms with Crippen LogP contribution in [0.2, 0.25) is 0 Å². The van der Waals surface area contributed by atoms with Crippen molar-refractivity contribution in [1.82, 2.24) is 0 Å². The minimum atomic E-state index is -0.734. The molecule has 0 spiro atoms. The Morgan fingerprint density at radius 2 is 2.00 bits per heavy atom. The first-order valence-electron chi connectivity index (χ1n) is 4.53. The van der Waals surface area contributed by atoms with Crippen molar-refractivity contribution in [3.63, 3.8) is 0 Å². The molecule has 0 unspecified atom stereocenters. The van der Waals surface area contributed by atoms with E-state index < -0.39 is 6.10 Å². The van der Waals surface area contributed by atoms with Gasteiger partial charge in [-0.3, -0.25) is 4.79 Å². The number of carbonyl (C=O) groups is 1. The SMILES string of the molecule is C=C(C)[C@H](O)CC(=O)c1ccccc1. The Morgan fingerprint density at radius 1 is 1.43 bits per heavy atom. The Hall–Kier alpha value is -1.41. The molecule has 0 aliphatic carbocycles. The lowest BCUT2D eigenvalue weighted by Gasteiger charge is -2.08. The van der Waals surface area contributed by atoms with Crippen molar-refractivity contribution in [3.05, 3.63) is 48.0 Å².